The number of fused-ring (bicyclic) bond motifs is 4. The van der Waals surface area contributed by atoms with Gasteiger partial charge in [0.1, 0.15) is 0 Å². The van der Waals surface area contributed by atoms with E-state index >= 15 is 0 Å². The third-order valence-electron chi connectivity index (χ3n) is 6.13. The summed E-state index contributed by atoms with van der Waals surface area (Å²) < 4.78 is 9.41. The third kappa shape index (κ3) is 2.10. The molecular weight excluding hydrogens is 364 g/mol. The maximum Gasteiger partial charge on any atom is 0.347 e. The van der Waals surface area contributed by atoms with Crippen molar-refractivity contribution in [1.29, 1.82) is 0 Å². The largest absolute Gasteiger partial charge is 0.386 e. The zero-order chi connectivity index (χ0) is 19.7. The number of hydrogen-bond donors (Lipinski definition) is 0. The molecule has 0 unspecified atom stereocenters. The number of aryl methyl sites for hydroxylation is 2. The molecule has 0 bridgehead atoms. The van der Waals surface area contributed by atoms with Crippen LogP contribution in [0.15, 0.2) is 54.7 Å². The molecule has 6 rings (SSSR count). The molecule has 2 aliphatic rings. The lowest BCUT2D eigenvalue weighted by Crippen LogP contribution is -2.02. The van der Waals surface area contributed by atoms with Gasteiger partial charge >= 0.3 is 11.9 Å². The van der Waals surface area contributed by atoms with E-state index in [0.29, 0.717) is 11.1 Å². The number of para-hydroxylation sites is 2. The van der Waals surface area contributed by atoms with Gasteiger partial charge in [0.2, 0.25) is 0 Å². The van der Waals surface area contributed by atoms with E-state index in [4.69, 9.17) is 4.74 Å². The normalized spacial score (nSPS) is 16.3. The molecule has 2 aromatic heterocycles. The van der Waals surface area contributed by atoms with Crippen LogP contribution < -0.4 is 0 Å². The first-order valence-corrected chi connectivity index (χ1v) is 9.81. The second kappa shape index (κ2) is 5.70. The number of carbonyl (C=O) groups is 2. The Bertz CT molecular complexity index is 1400. The van der Waals surface area contributed by atoms with Crippen molar-refractivity contribution in [1.82, 2.24) is 9.13 Å². The van der Waals surface area contributed by atoms with Gasteiger partial charge < -0.3 is 13.9 Å². The average Bonchev–Trinajstić information content (AvgIpc) is 3.45. The summed E-state index contributed by atoms with van der Waals surface area (Å²) in [6, 6.07) is 16.0. The predicted molar refractivity (Wildman–Crippen MR) is 111 cm³/mol. The van der Waals surface area contributed by atoms with Crippen LogP contribution in [0.5, 0.6) is 0 Å². The number of carbonyl (C=O) groups excluding carboxylic acids is 2. The summed E-state index contributed by atoms with van der Waals surface area (Å²) in [7, 11) is 1.94. The van der Waals surface area contributed by atoms with Crippen LogP contribution in [0.3, 0.4) is 0 Å². The minimum Gasteiger partial charge on any atom is -0.386 e. The summed E-state index contributed by atoms with van der Waals surface area (Å²) in [6.45, 7) is 0.926. The highest BCUT2D eigenvalue weighted by molar-refractivity contribution is 6.47. The van der Waals surface area contributed by atoms with Crippen molar-refractivity contribution in [3.63, 3.8) is 0 Å². The van der Waals surface area contributed by atoms with Gasteiger partial charge in [0.05, 0.1) is 11.1 Å². The molecule has 2 aliphatic heterocycles. The van der Waals surface area contributed by atoms with Crippen LogP contribution in [0.25, 0.3) is 33.0 Å². The van der Waals surface area contributed by atoms with Crippen LogP contribution >= 0.6 is 0 Å². The zero-order valence-electron chi connectivity index (χ0n) is 15.9. The van der Waals surface area contributed by atoms with Crippen molar-refractivity contribution in [3.05, 3.63) is 71.5 Å². The average molecular weight is 382 g/mol. The minimum absolute atomic E-state index is 0.373. The number of ether oxygens (including phenoxy) is 1. The lowest BCUT2D eigenvalue weighted by molar-refractivity contribution is -0.149. The number of nitrogens with zero attached hydrogens (tertiary/aromatic N) is 2. The quantitative estimate of drug-likeness (QED) is 0.388. The van der Waals surface area contributed by atoms with Gasteiger partial charge in [0.25, 0.3) is 0 Å². The molecule has 4 heterocycles. The van der Waals surface area contributed by atoms with Gasteiger partial charge in [0, 0.05) is 58.4 Å². The number of benzene rings is 2. The summed E-state index contributed by atoms with van der Waals surface area (Å²) in [5, 5.41) is 1.94. The monoisotopic (exact) mass is 382 g/mol. The van der Waals surface area contributed by atoms with Crippen LogP contribution in [0.2, 0.25) is 0 Å². The fourth-order valence-corrected chi connectivity index (χ4v) is 4.96. The van der Waals surface area contributed by atoms with Gasteiger partial charge in [-0.05, 0) is 25.0 Å². The Morgan fingerprint density at radius 2 is 1.55 bits per heavy atom. The van der Waals surface area contributed by atoms with Crippen LogP contribution in [-0.2, 0) is 34.3 Å². The molecule has 0 saturated carbocycles. The maximum absolute atomic E-state index is 12.9. The molecule has 2 aromatic carbocycles. The first-order chi connectivity index (χ1) is 14.1. The number of rotatable bonds is 2. The van der Waals surface area contributed by atoms with Gasteiger partial charge in [-0.1, -0.05) is 36.4 Å². The van der Waals surface area contributed by atoms with Gasteiger partial charge in [-0.15, -0.1) is 0 Å². The van der Waals surface area contributed by atoms with E-state index in [0.717, 1.165) is 58.0 Å². The molecule has 0 aliphatic carbocycles. The summed E-state index contributed by atoms with van der Waals surface area (Å²) in [4.78, 5) is 25.8. The zero-order valence-corrected chi connectivity index (χ0v) is 15.9. The van der Waals surface area contributed by atoms with E-state index in [2.05, 4.69) is 10.6 Å². The van der Waals surface area contributed by atoms with E-state index < -0.39 is 11.9 Å². The molecule has 0 saturated heterocycles. The number of esters is 2. The topological polar surface area (TPSA) is 53.2 Å². The highest BCUT2D eigenvalue weighted by Gasteiger charge is 2.39. The molecule has 0 N–H and O–H groups in total. The SMILES string of the molecule is Cn1cc(C2=C(c3c4n(c5ccccc35)CCC4)C(=O)OC2=O)c2ccccc21. The van der Waals surface area contributed by atoms with Crippen molar-refractivity contribution < 1.29 is 14.3 Å². The van der Waals surface area contributed by atoms with E-state index in [9.17, 15) is 9.59 Å². The molecular formula is C24H18N2O3. The lowest BCUT2D eigenvalue weighted by Gasteiger charge is -2.04. The molecule has 0 amide bonds. The first-order valence-electron chi connectivity index (χ1n) is 9.81. The molecule has 4 aromatic rings. The highest BCUT2D eigenvalue weighted by Crippen LogP contribution is 2.43. The van der Waals surface area contributed by atoms with E-state index in [1.165, 1.54) is 0 Å². The van der Waals surface area contributed by atoms with Crippen LogP contribution in [0.1, 0.15) is 23.2 Å². The molecule has 0 atom stereocenters. The van der Waals surface area contributed by atoms with Crippen LogP contribution in [-0.4, -0.2) is 21.1 Å². The molecule has 0 radical (unpaired) electrons. The van der Waals surface area contributed by atoms with Crippen LogP contribution in [0.4, 0.5) is 0 Å². The smallest absolute Gasteiger partial charge is 0.347 e. The third-order valence-corrected chi connectivity index (χ3v) is 6.13. The molecule has 5 nitrogen and oxygen atoms in total. The Labute approximate surface area is 166 Å². The molecule has 29 heavy (non-hydrogen) atoms. The standard InChI is InChI=1S/C24H18N2O3/c1-25-13-16(14-7-2-4-9-17(14)25)21-22(24(28)29-23(21)27)20-15-8-3-5-10-18(15)26-12-6-11-19(20)26/h2-5,7-10,13H,6,11-12H2,1H3. The molecule has 5 heteroatoms. The number of cyclic esters (lactones) is 2. The summed E-state index contributed by atoms with van der Waals surface area (Å²) in [5.74, 6) is -1.12. The predicted octanol–water partition coefficient (Wildman–Crippen LogP) is 4.07. The van der Waals surface area contributed by atoms with E-state index in [-0.39, 0.29) is 0 Å². The Morgan fingerprint density at radius 3 is 2.38 bits per heavy atom. The Hall–Kier alpha value is -3.60. The van der Waals surface area contributed by atoms with Crippen molar-refractivity contribution in [2.75, 3.05) is 0 Å². The highest BCUT2D eigenvalue weighted by atomic mass is 16.6. The van der Waals surface area contributed by atoms with Gasteiger partial charge in [-0.3, -0.25) is 0 Å². The van der Waals surface area contributed by atoms with Gasteiger partial charge in [-0.25, -0.2) is 9.59 Å². The first kappa shape index (κ1) is 16.4. The second-order valence-corrected chi connectivity index (χ2v) is 7.69. The van der Waals surface area contributed by atoms with Crippen molar-refractivity contribution in [3.8, 4) is 0 Å². The van der Waals surface area contributed by atoms with Crippen molar-refractivity contribution in [2.45, 2.75) is 19.4 Å². The summed E-state index contributed by atoms with van der Waals surface area (Å²) in [6.07, 6.45) is 3.84. The maximum atomic E-state index is 12.9. The molecule has 0 spiro atoms. The Kier molecular flexibility index (Phi) is 3.22. The summed E-state index contributed by atoms with van der Waals surface area (Å²) >= 11 is 0. The molecule has 142 valence electrons. The number of aromatic nitrogens is 2. The Morgan fingerprint density at radius 1 is 0.862 bits per heavy atom. The number of hydrogen-bond acceptors (Lipinski definition) is 3. The van der Waals surface area contributed by atoms with Crippen molar-refractivity contribution >= 4 is 44.9 Å². The molecule has 0 fully saturated rings. The van der Waals surface area contributed by atoms with Gasteiger partial charge in [0.15, 0.2) is 0 Å². The van der Waals surface area contributed by atoms with E-state index in [1.807, 2.05) is 60.3 Å². The Balaban J connectivity index is 1.74. The fourth-order valence-electron chi connectivity index (χ4n) is 4.96. The minimum atomic E-state index is -0.566. The fraction of sp³-hybridized carbons (Fsp3) is 0.167. The second-order valence-electron chi connectivity index (χ2n) is 7.69. The van der Waals surface area contributed by atoms with E-state index in [1.54, 1.807) is 0 Å². The lowest BCUT2D eigenvalue weighted by atomic mass is 9.93. The van der Waals surface area contributed by atoms with Gasteiger partial charge in [-0.2, -0.15) is 0 Å². The summed E-state index contributed by atoms with van der Waals surface area (Å²) in [5.41, 5.74) is 5.61. The van der Waals surface area contributed by atoms with Crippen LogP contribution in [0, 0.1) is 0 Å². The van der Waals surface area contributed by atoms with Crippen molar-refractivity contribution in [2.24, 2.45) is 7.05 Å².